The Morgan fingerprint density at radius 3 is 3.19 bits per heavy atom. The van der Waals surface area contributed by atoms with E-state index in [1.807, 2.05) is 0 Å². The largest absolute Gasteiger partial charge is 0.390 e. The van der Waals surface area contributed by atoms with Crippen LogP contribution >= 0.6 is 0 Å². The minimum Gasteiger partial charge on any atom is -0.390 e. The van der Waals surface area contributed by atoms with Crippen LogP contribution in [-0.2, 0) is 22.6 Å². The third-order valence-electron chi connectivity index (χ3n) is 2.51. The maximum atomic E-state index is 8.81. The van der Waals surface area contributed by atoms with Gasteiger partial charge in [0.2, 0.25) is 0 Å². The van der Waals surface area contributed by atoms with Crippen molar-refractivity contribution in [2.45, 2.75) is 38.7 Å². The molecular weight excluding hydrogens is 210 g/mol. The number of rotatable bonds is 5. The number of hydrogen-bond acceptors (Lipinski definition) is 5. The van der Waals surface area contributed by atoms with E-state index in [-0.39, 0.29) is 12.9 Å². The van der Waals surface area contributed by atoms with Gasteiger partial charge in [0, 0.05) is 6.61 Å². The zero-order valence-corrected chi connectivity index (χ0v) is 9.21. The molecule has 1 fully saturated rings. The summed E-state index contributed by atoms with van der Waals surface area (Å²) in [6.45, 7) is 1.90. The molecule has 6 nitrogen and oxygen atoms in total. The highest BCUT2D eigenvalue weighted by Gasteiger charge is 2.13. The summed E-state index contributed by atoms with van der Waals surface area (Å²) in [6.07, 6.45) is 4.92. The summed E-state index contributed by atoms with van der Waals surface area (Å²) in [5, 5.41) is 16.4. The van der Waals surface area contributed by atoms with Gasteiger partial charge in [-0.05, 0) is 19.3 Å². The molecule has 1 aliphatic rings. The molecule has 1 saturated heterocycles. The first kappa shape index (κ1) is 11.5. The van der Waals surface area contributed by atoms with Gasteiger partial charge in [-0.1, -0.05) is 5.21 Å². The molecule has 0 amide bonds. The van der Waals surface area contributed by atoms with Crippen molar-refractivity contribution >= 4 is 0 Å². The summed E-state index contributed by atoms with van der Waals surface area (Å²) >= 11 is 0. The second-order valence-electron chi connectivity index (χ2n) is 3.80. The summed E-state index contributed by atoms with van der Waals surface area (Å²) in [4.78, 5) is 0. The minimum absolute atomic E-state index is 0.0606. The molecule has 1 N–H and O–H groups in total. The molecule has 0 aromatic carbocycles. The van der Waals surface area contributed by atoms with Crippen LogP contribution in [0.4, 0.5) is 0 Å². The van der Waals surface area contributed by atoms with Crippen molar-refractivity contribution < 1.29 is 14.6 Å². The first-order valence-corrected chi connectivity index (χ1v) is 5.61. The number of hydrogen-bond donors (Lipinski definition) is 1. The van der Waals surface area contributed by atoms with Crippen LogP contribution < -0.4 is 0 Å². The van der Waals surface area contributed by atoms with Crippen molar-refractivity contribution in [3.8, 4) is 0 Å². The Kier molecular flexibility index (Phi) is 4.26. The second-order valence-corrected chi connectivity index (χ2v) is 3.80. The molecule has 1 atom stereocenters. The predicted octanol–water partition coefficient (Wildman–Crippen LogP) is 0.314. The van der Waals surface area contributed by atoms with E-state index in [0.717, 1.165) is 19.4 Å². The third kappa shape index (κ3) is 3.26. The van der Waals surface area contributed by atoms with Gasteiger partial charge in [-0.15, -0.1) is 5.10 Å². The maximum absolute atomic E-state index is 8.81. The van der Waals surface area contributed by atoms with Crippen LogP contribution in [0.1, 0.15) is 25.0 Å². The van der Waals surface area contributed by atoms with Crippen LogP contribution in [0.25, 0.3) is 0 Å². The zero-order valence-electron chi connectivity index (χ0n) is 9.21. The Bertz CT molecular complexity index is 310. The Labute approximate surface area is 94.2 Å². The van der Waals surface area contributed by atoms with Crippen molar-refractivity contribution in [3.05, 3.63) is 11.9 Å². The fraction of sp³-hybridized carbons (Fsp3) is 0.800. The van der Waals surface area contributed by atoms with E-state index >= 15 is 0 Å². The highest BCUT2D eigenvalue weighted by atomic mass is 16.7. The number of aliphatic hydroxyl groups is 1. The van der Waals surface area contributed by atoms with Gasteiger partial charge in [-0.3, -0.25) is 0 Å². The quantitative estimate of drug-likeness (QED) is 0.784. The molecular formula is C10H17N3O3. The van der Waals surface area contributed by atoms with Gasteiger partial charge in [-0.25, -0.2) is 4.68 Å². The van der Waals surface area contributed by atoms with Gasteiger partial charge < -0.3 is 14.6 Å². The van der Waals surface area contributed by atoms with Crippen molar-refractivity contribution in [2.75, 3.05) is 13.2 Å². The first-order chi connectivity index (χ1) is 7.88. The first-order valence-electron chi connectivity index (χ1n) is 5.61. The number of aromatic nitrogens is 3. The summed E-state index contributed by atoms with van der Waals surface area (Å²) in [6, 6.07) is 0. The topological polar surface area (TPSA) is 69.4 Å². The van der Waals surface area contributed by atoms with Crippen LogP contribution in [0.2, 0.25) is 0 Å². The lowest BCUT2D eigenvalue weighted by Gasteiger charge is -2.22. The normalized spacial score (nSPS) is 21.2. The van der Waals surface area contributed by atoms with Crippen LogP contribution in [0.5, 0.6) is 0 Å². The van der Waals surface area contributed by atoms with Gasteiger partial charge >= 0.3 is 0 Å². The van der Waals surface area contributed by atoms with Crippen LogP contribution in [-0.4, -0.2) is 39.6 Å². The van der Waals surface area contributed by atoms with E-state index in [2.05, 4.69) is 10.3 Å². The maximum Gasteiger partial charge on any atom is 0.157 e. The van der Waals surface area contributed by atoms with Gasteiger partial charge in [0.05, 0.1) is 26.0 Å². The lowest BCUT2D eigenvalue weighted by atomic mass is 10.2. The van der Waals surface area contributed by atoms with Crippen molar-refractivity contribution in [1.82, 2.24) is 15.0 Å². The van der Waals surface area contributed by atoms with E-state index in [1.54, 1.807) is 10.9 Å². The fourth-order valence-electron chi connectivity index (χ4n) is 1.64. The van der Waals surface area contributed by atoms with E-state index < -0.39 is 0 Å². The second kappa shape index (κ2) is 5.93. The molecule has 1 aliphatic heterocycles. The molecule has 90 valence electrons. The summed E-state index contributed by atoms with van der Waals surface area (Å²) in [5.41, 5.74) is 0.578. The van der Waals surface area contributed by atoms with Gasteiger partial charge in [0.25, 0.3) is 0 Å². The Morgan fingerprint density at radius 2 is 2.50 bits per heavy atom. The molecule has 0 aliphatic carbocycles. The SMILES string of the molecule is OCc1cn(CCOC2CCCCO2)nn1. The average Bonchev–Trinajstić information content (AvgIpc) is 2.78. The summed E-state index contributed by atoms with van der Waals surface area (Å²) in [5.74, 6) is 0. The standard InChI is InChI=1S/C10H17N3O3/c14-8-9-7-13(12-11-9)4-6-16-10-3-1-2-5-15-10/h7,10,14H,1-6,8H2. The monoisotopic (exact) mass is 227 g/mol. The average molecular weight is 227 g/mol. The molecule has 0 radical (unpaired) electrons. The summed E-state index contributed by atoms with van der Waals surface area (Å²) < 4.78 is 12.7. The Morgan fingerprint density at radius 1 is 1.56 bits per heavy atom. The van der Waals surface area contributed by atoms with Gasteiger partial charge in [0.15, 0.2) is 6.29 Å². The molecule has 0 saturated carbocycles. The smallest absolute Gasteiger partial charge is 0.157 e. The number of nitrogens with zero attached hydrogens (tertiary/aromatic N) is 3. The van der Waals surface area contributed by atoms with E-state index in [9.17, 15) is 0 Å². The van der Waals surface area contributed by atoms with E-state index in [0.29, 0.717) is 18.8 Å². The molecule has 2 heterocycles. The van der Waals surface area contributed by atoms with Gasteiger partial charge in [0.1, 0.15) is 5.69 Å². The molecule has 0 bridgehead atoms. The van der Waals surface area contributed by atoms with Crippen molar-refractivity contribution in [1.29, 1.82) is 0 Å². The molecule has 1 aromatic rings. The lowest BCUT2D eigenvalue weighted by Crippen LogP contribution is -2.24. The molecule has 1 aromatic heterocycles. The molecule has 16 heavy (non-hydrogen) atoms. The van der Waals surface area contributed by atoms with Crippen LogP contribution in [0, 0.1) is 0 Å². The van der Waals surface area contributed by atoms with Crippen molar-refractivity contribution in [3.63, 3.8) is 0 Å². The third-order valence-corrected chi connectivity index (χ3v) is 2.51. The molecule has 6 heteroatoms. The summed E-state index contributed by atoms with van der Waals surface area (Å²) in [7, 11) is 0. The molecule has 2 rings (SSSR count). The number of ether oxygens (including phenoxy) is 2. The molecule has 1 unspecified atom stereocenters. The van der Waals surface area contributed by atoms with Crippen LogP contribution in [0.3, 0.4) is 0 Å². The fourth-order valence-corrected chi connectivity index (χ4v) is 1.64. The van der Waals surface area contributed by atoms with Gasteiger partial charge in [-0.2, -0.15) is 0 Å². The highest BCUT2D eigenvalue weighted by molar-refractivity contribution is 4.88. The molecule has 0 spiro atoms. The highest BCUT2D eigenvalue weighted by Crippen LogP contribution is 2.13. The lowest BCUT2D eigenvalue weighted by molar-refractivity contribution is -0.163. The predicted molar refractivity (Wildman–Crippen MR) is 55.5 cm³/mol. The number of aliphatic hydroxyl groups excluding tert-OH is 1. The van der Waals surface area contributed by atoms with E-state index in [4.69, 9.17) is 14.6 Å². The minimum atomic E-state index is -0.0768. The Balaban J connectivity index is 1.66. The Hall–Kier alpha value is -0.980. The van der Waals surface area contributed by atoms with Crippen LogP contribution in [0.15, 0.2) is 6.20 Å². The van der Waals surface area contributed by atoms with Crippen molar-refractivity contribution in [2.24, 2.45) is 0 Å². The van der Waals surface area contributed by atoms with E-state index in [1.165, 1.54) is 6.42 Å². The zero-order chi connectivity index (χ0) is 11.2.